The number of carbonyl (C=O) groups is 3. The zero-order valence-electron chi connectivity index (χ0n) is 17.4. The number of rotatable bonds is 10. The van der Waals surface area contributed by atoms with Gasteiger partial charge in [-0.2, -0.15) is 0 Å². The molecule has 0 N–H and O–H groups in total. The Labute approximate surface area is 195 Å². The van der Waals surface area contributed by atoms with E-state index in [1.54, 1.807) is 24.3 Å². The molecule has 0 aliphatic heterocycles. The van der Waals surface area contributed by atoms with Crippen molar-refractivity contribution in [3.8, 4) is 0 Å². The summed E-state index contributed by atoms with van der Waals surface area (Å²) in [5, 5.41) is 0. The molecule has 0 aliphatic carbocycles. The minimum atomic E-state index is -1.27. The van der Waals surface area contributed by atoms with Gasteiger partial charge in [0.1, 0.15) is 19.5 Å². The van der Waals surface area contributed by atoms with Crippen molar-refractivity contribution in [3.05, 3.63) is 106 Å². The Hall–Kier alpha value is -3.25. The molecule has 0 aliphatic rings. The van der Waals surface area contributed by atoms with Gasteiger partial charge in [0, 0.05) is 16.8 Å². The van der Waals surface area contributed by atoms with Gasteiger partial charge in [0.25, 0.3) is 0 Å². The van der Waals surface area contributed by atoms with Crippen LogP contribution in [0.15, 0.2) is 89.4 Å². The van der Waals surface area contributed by atoms with E-state index < -0.39 is 23.8 Å². The monoisotopic (exact) mass is 494 g/mol. The second-order valence-electron chi connectivity index (χ2n) is 7.22. The lowest BCUT2D eigenvalue weighted by molar-refractivity contribution is -0.165. The van der Waals surface area contributed by atoms with Crippen LogP contribution in [0.4, 0.5) is 0 Å². The maximum Gasteiger partial charge on any atom is 0.321 e. The van der Waals surface area contributed by atoms with Crippen LogP contribution < -0.4 is 0 Å². The number of halogens is 1. The highest BCUT2D eigenvalue weighted by molar-refractivity contribution is 9.10. The van der Waals surface area contributed by atoms with Gasteiger partial charge in [0.2, 0.25) is 0 Å². The topological polar surface area (TPSA) is 69.7 Å². The fourth-order valence-electron chi connectivity index (χ4n) is 3.34. The van der Waals surface area contributed by atoms with Gasteiger partial charge >= 0.3 is 11.9 Å². The largest absolute Gasteiger partial charge is 0.460 e. The summed E-state index contributed by atoms with van der Waals surface area (Å²) < 4.78 is 11.8. The maximum atomic E-state index is 13.1. The molecule has 3 rings (SSSR count). The van der Waals surface area contributed by atoms with E-state index in [2.05, 4.69) is 15.9 Å². The van der Waals surface area contributed by atoms with Crippen LogP contribution in [0.2, 0.25) is 0 Å². The van der Waals surface area contributed by atoms with Gasteiger partial charge in [0.05, 0.1) is 0 Å². The first-order valence-corrected chi connectivity index (χ1v) is 11.0. The van der Waals surface area contributed by atoms with Crippen molar-refractivity contribution in [2.24, 2.45) is 5.92 Å². The van der Waals surface area contributed by atoms with Crippen LogP contribution in [0.3, 0.4) is 0 Å². The summed E-state index contributed by atoms with van der Waals surface area (Å²) in [5.74, 6) is -3.41. The van der Waals surface area contributed by atoms with Crippen molar-refractivity contribution < 1.29 is 23.9 Å². The van der Waals surface area contributed by atoms with E-state index in [4.69, 9.17) is 9.47 Å². The molecule has 0 radical (unpaired) electrons. The second-order valence-corrected chi connectivity index (χ2v) is 8.14. The molecule has 0 fully saturated rings. The number of carbonyl (C=O) groups excluding carboxylic acids is 3. The minimum absolute atomic E-state index is 0.0207. The maximum absolute atomic E-state index is 13.1. The van der Waals surface area contributed by atoms with Gasteiger partial charge in [-0.15, -0.1) is 0 Å². The molecule has 3 aromatic carbocycles. The van der Waals surface area contributed by atoms with Crippen LogP contribution in [0.5, 0.6) is 0 Å². The average molecular weight is 495 g/mol. The minimum Gasteiger partial charge on any atom is -0.460 e. The standard InChI is InChI=1S/C26H23BrO5/c27-22-13-11-21(12-14-22)23(15-16-28)24(25(29)31-17-19-7-3-1-4-8-19)26(30)32-18-20-9-5-2-6-10-20/h1-14,16,23-24H,15,17-18H2/t23-/m1/s1. The Kier molecular flexibility index (Phi) is 8.75. The molecule has 1 atom stereocenters. The molecule has 164 valence electrons. The summed E-state index contributed by atoms with van der Waals surface area (Å²) in [6.07, 6.45) is 0.682. The predicted octanol–water partition coefficient (Wildman–Crippen LogP) is 5.22. The quantitative estimate of drug-likeness (QED) is 0.219. The molecule has 0 heterocycles. The van der Waals surface area contributed by atoms with E-state index >= 15 is 0 Å². The van der Waals surface area contributed by atoms with E-state index in [0.29, 0.717) is 11.8 Å². The van der Waals surface area contributed by atoms with Crippen molar-refractivity contribution in [2.75, 3.05) is 0 Å². The van der Waals surface area contributed by atoms with Gasteiger partial charge in [0.15, 0.2) is 5.92 Å². The highest BCUT2D eigenvalue weighted by atomic mass is 79.9. The Morgan fingerprint density at radius 3 is 1.66 bits per heavy atom. The number of hydrogen-bond donors (Lipinski definition) is 0. The Bertz CT molecular complexity index is 964. The highest BCUT2D eigenvalue weighted by Gasteiger charge is 2.38. The Morgan fingerprint density at radius 2 is 1.22 bits per heavy atom. The van der Waals surface area contributed by atoms with Crippen LogP contribution in [-0.2, 0) is 37.1 Å². The third-order valence-electron chi connectivity index (χ3n) is 5.01. The predicted molar refractivity (Wildman–Crippen MR) is 124 cm³/mol. The lowest BCUT2D eigenvalue weighted by Gasteiger charge is -2.23. The van der Waals surface area contributed by atoms with Crippen molar-refractivity contribution in [1.29, 1.82) is 0 Å². The van der Waals surface area contributed by atoms with Gasteiger partial charge in [-0.1, -0.05) is 88.7 Å². The van der Waals surface area contributed by atoms with Crippen LogP contribution in [0.25, 0.3) is 0 Å². The summed E-state index contributed by atoms with van der Waals surface area (Å²) >= 11 is 3.38. The number of benzene rings is 3. The zero-order valence-corrected chi connectivity index (χ0v) is 18.9. The number of esters is 2. The molecule has 0 aromatic heterocycles. The first-order chi connectivity index (χ1) is 15.6. The highest BCUT2D eigenvalue weighted by Crippen LogP contribution is 2.31. The molecule has 0 spiro atoms. The molecule has 0 saturated heterocycles. The van der Waals surface area contributed by atoms with Crippen LogP contribution in [0.1, 0.15) is 29.0 Å². The fraction of sp³-hybridized carbons (Fsp3) is 0.192. The summed E-state index contributed by atoms with van der Waals surface area (Å²) in [4.78, 5) is 37.6. The number of ether oxygens (including phenoxy) is 2. The van der Waals surface area contributed by atoms with Crippen molar-refractivity contribution >= 4 is 34.2 Å². The molecule has 3 aromatic rings. The van der Waals surface area contributed by atoms with Gasteiger partial charge in [-0.3, -0.25) is 9.59 Å². The van der Waals surface area contributed by atoms with Gasteiger partial charge < -0.3 is 14.3 Å². The molecule has 0 bridgehead atoms. The SMILES string of the molecule is O=CC[C@H](c1ccc(Br)cc1)C(C(=O)OCc1ccccc1)C(=O)OCc1ccccc1. The van der Waals surface area contributed by atoms with Crippen molar-refractivity contribution in [1.82, 2.24) is 0 Å². The fourth-order valence-corrected chi connectivity index (χ4v) is 3.60. The first kappa shape index (κ1) is 23.4. The average Bonchev–Trinajstić information content (AvgIpc) is 2.83. The third-order valence-corrected chi connectivity index (χ3v) is 5.54. The molecule has 0 unspecified atom stereocenters. The molecular formula is C26H23BrO5. The van der Waals surface area contributed by atoms with Crippen LogP contribution in [0, 0.1) is 5.92 Å². The smallest absolute Gasteiger partial charge is 0.321 e. The molecule has 32 heavy (non-hydrogen) atoms. The number of hydrogen-bond acceptors (Lipinski definition) is 5. The van der Waals surface area contributed by atoms with E-state index in [1.165, 1.54) is 0 Å². The van der Waals surface area contributed by atoms with Crippen LogP contribution >= 0.6 is 15.9 Å². The summed E-state index contributed by atoms with van der Waals surface area (Å²) in [7, 11) is 0. The first-order valence-electron chi connectivity index (χ1n) is 10.2. The third kappa shape index (κ3) is 6.62. The molecule has 0 amide bonds. The van der Waals surface area contributed by atoms with E-state index in [1.807, 2.05) is 60.7 Å². The molecular weight excluding hydrogens is 472 g/mol. The van der Waals surface area contributed by atoms with E-state index in [0.717, 1.165) is 15.6 Å². The molecule has 6 heteroatoms. The Morgan fingerprint density at radius 1 is 0.750 bits per heavy atom. The van der Waals surface area contributed by atoms with E-state index in [-0.39, 0.29) is 19.6 Å². The van der Waals surface area contributed by atoms with E-state index in [9.17, 15) is 14.4 Å². The van der Waals surface area contributed by atoms with Gasteiger partial charge in [-0.25, -0.2) is 0 Å². The number of aldehydes is 1. The Balaban J connectivity index is 1.83. The van der Waals surface area contributed by atoms with Gasteiger partial charge in [-0.05, 0) is 28.8 Å². The normalized spacial score (nSPS) is 11.6. The lowest BCUT2D eigenvalue weighted by atomic mass is 9.83. The second kappa shape index (κ2) is 12.0. The summed E-state index contributed by atoms with van der Waals surface area (Å²) in [6.45, 7) is 0.0482. The summed E-state index contributed by atoms with van der Waals surface area (Å²) in [5.41, 5.74) is 2.28. The summed E-state index contributed by atoms with van der Waals surface area (Å²) in [6, 6.07) is 25.5. The molecule has 5 nitrogen and oxygen atoms in total. The zero-order chi connectivity index (χ0) is 22.8. The van der Waals surface area contributed by atoms with Crippen LogP contribution in [-0.4, -0.2) is 18.2 Å². The molecule has 0 saturated carbocycles. The van der Waals surface area contributed by atoms with Crippen molar-refractivity contribution in [3.63, 3.8) is 0 Å². The lowest BCUT2D eigenvalue weighted by Crippen LogP contribution is -2.33. The van der Waals surface area contributed by atoms with Crippen molar-refractivity contribution in [2.45, 2.75) is 25.6 Å².